The van der Waals surface area contributed by atoms with Crippen LogP contribution in [0.1, 0.15) is 63.9 Å². The molecule has 0 fully saturated rings. The number of carbonyl (C=O) groups excluding carboxylic acids is 2. The number of thiophene rings is 1. The molecule has 4 rings (SSSR count). The van der Waals surface area contributed by atoms with Gasteiger partial charge in [0, 0.05) is 11.4 Å². The van der Waals surface area contributed by atoms with Gasteiger partial charge in [0.2, 0.25) is 0 Å². The van der Waals surface area contributed by atoms with Crippen LogP contribution in [0.2, 0.25) is 0 Å². The van der Waals surface area contributed by atoms with Crippen molar-refractivity contribution in [2.75, 3.05) is 5.32 Å². The Kier molecular flexibility index (Phi) is 6.66. The maximum absolute atomic E-state index is 14.2. The fraction of sp³-hybridized carbons (Fsp3) is 0.333. The molecule has 0 saturated heterocycles. The topological polar surface area (TPSA) is 58.2 Å². The van der Waals surface area contributed by atoms with Crippen molar-refractivity contribution in [2.45, 2.75) is 46.6 Å². The Hall–Kier alpha value is -2.99. The number of rotatable bonds is 5. The third-order valence-corrected chi connectivity index (χ3v) is 7.53. The number of hydrogen-bond donors (Lipinski definition) is 2. The van der Waals surface area contributed by atoms with E-state index in [-0.39, 0.29) is 16.9 Å². The third-order valence-electron chi connectivity index (χ3n) is 6.36. The molecular formula is C27H29FN2O2S. The number of benzene rings is 2. The van der Waals surface area contributed by atoms with Crippen LogP contribution in [-0.4, -0.2) is 11.8 Å². The Morgan fingerprint density at radius 2 is 1.73 bits per heavy atom. The van der Waals surface area contributed by atoms with Crippen LogP contribution in [0.4, 0.5) is 9.39 Å². The monoisotopic (exact) mass is 464 g/mol. The molecule has 3 aromatic rings. The van der Waals surface area contributed by atoms with Crippen LogP contribution in [0.5, 0.6) is 0 Å². The van der Waals surface area contributed by atoms with Gasteiger partial charge in [-0.2, -0.15) is 0 Å². The minimum Gasteiger partial charge on any atom is -0.348 e. The van der Waals surface area contributed by atoms with Crippen LogP contribution >= 0.6 is 11.3 Å². The maximum atomic E-state index is 14.2. The molecule has 0 radical (unpaired) electrons. The van der Waals surface area contributed by atoms with E-state index in [4.69, 9.17) is 0 Å². The van der Waals surface area contributed by atoms with Crippen LogP contribution in [0.15, 0.2) is 54.6 Å². The van der Waals surface area contributed by atoms with Crippen molar-refractivity contribution >= 4 is 28.2 Å². The Morgan fingerprint density at radius 1 is 1.03 bits per heavy atom. The smallest absolute Gasteiger partial charge is 0.259 e. The first-order valence-corrected chi connectivity index (χ1v) is 12.1. The van der Waals surface area contributed by atoms with E-state index >= 15 is 0 Å². The molecule has 0 aliphatic heterocycles. The minimum absolute atomic E-state index is 0.0351. The lowest BCUT2D eigenvalue weighted by atomic mass is 9.72. The van der Waals surface area contributed by atoms with Crippen molar-refractivity contribution in [3.05, 3.63) is 87.5 Å². The molecule has 33 heavy (non-hydrogen) atoms. The summed E-state index contributed by atoms with van der Waals surface area (Å²) in [5, 5.41) is 6.33. The zero-order valence-electron chi connectivity index (χ0n) is 19.2. The highest BCUT2D eigenvalue weighted by atomic mass is 32.1. The first-order valence-electron chi connectivity index (χ1n) is 11.3. The Balaban J connectivity index is 1.64. The zero-order valence-corrected chi connectivity index (χ0v) is 20.0. The van der Waals surface area contributed by atoms with Gasteiger partial charge < -0.3 is 10.6 Å². The van der Waals surface area contributed by atoms with Gasteiger partial charge in [-0.1, -0.05) is 63.2 Å². The Morgan fingerprint density at radius 3 is 2.42 bits per heavy atom. The number of amides is 2. The predicted molar refractivity (Wildman–Crippen MR) is 131 cm³/mol. The van der Waals surface area contributed by atoms with Crippen LogP contribution in [0, 0.1) is 17.2 Å². The summed E-state index contributed by atoms with van der Waals surface area (Å²) >= 11 is 1.45. The van der Waals surface area contributed by atoms with E-state index in [0.29, 0.717) is 23.0 Å². The van der Waals surface area contributed by atoms with E-state index in [1.807, 2.05) is 30.3 Å². The third kappa shape index (κ3) is 5.17. The summed E-state index contributed by atoms with van der Waals surface area (Å²) in [7, 11) is 0. The van der Waals surface area contributed by atoms with E-state index in [1.54, 1.807) is 12.1 Å². The Bertz CT molecular complexity index is 1160. The molecule has 0 spiro atoms. The molecule has 2 N–H and O–H groups in total. The molecule has 0 bridgehead atoms. The highest BCUT2D eigenvalue weighted by Gasteiger charge is 2.34. The first-order chi connectivity index (χ1) is 15.7. The molecule has 172 valence electrons. The summed E-state index contributed by atoms with van der Waals surface area (Å²) < 4.78 is 14.2. The summed E-state index contributed by atoms with van der Waals surface area (Å²) in [5.74, 6) is -0.844. The number of hydrogen-bond acceptors (Lipinski definition) is 3. The van der Waals surface area contributed by atoms with Crippen LogP contribution in [0.3, 0.4) is 0 Å². The SMILES string of the molecule is CC(C)(C)C1CCc2c(sc(NC(=O)c3ccccc3F)c2C(=O)NCc2ccccc2)C1. The van der Waals surface area contributed by atoms with E-state index in [9.17, 15) is 14.0 Å². The van der Waals surface area contributed by atoms with Crippen molar-refractivity contribution in [3.63, 3.8) is 0 Å². The quantitative estimate of drug-likeness (QED) is 0.471. The first kappa shape index (κ1) is 23.2. The van der Waals surface area contributed by atoms with E-state index in [2.05, 4.69) is 31.4 Å². The van der Waals surface area contributed by atoms with Gasteiger partial charge in [-0.3, -0.25) is 9.59 Å². The lowest BCUT2D eigenvalue weighted by Crippen LogP contribution is -2.28. The summed E-state index contributed by atoms with van der Waals surface area (Å²) in [4.78, 5) is 27.3. The minimum atomic E-state index is -0.584. The highest BCUT2D eigenvalue weighted by Crippen LogP contribution is 2.44. The van der Waals surface area contributed by atoms with Gasteiger partial charge in [-0.25, -0.2) is 4.39 Å². The standard InChI is InChI=1S/C27H29FN2O2S/c1-27(2,3)18-13-14-20-22(15-18)33-26(30-24(31)19-11-7-8-12-21(19)28)23(20)25(32)29-16-17-9-5-4-6-10-17/h4-12,18H,13-16H2,1-3H3,(H,29,32)(H,30,31). The molecule has 4 nitrogen and oxygen atoms in total. The fourth-order valence-corrected chi connectivity index (χ4v) is 5.66. The summed E-state index contributed by atoms with van der Waals surface area (Å²) in [6, 6.07) is 15.6. The van der Waals surface area contributed by atoms with Crippen molar-refractivity contribution in [3.8, 4) is 0 Å². The van der Waals surface area contributed by atoms with E-state index in [0.717, 1.165) is 35.3 Å². The van der Waals surface area contributed by atoms with Gasteiger partial charge in [0.1, 0.15) is 10.8 Å². The second-order valence-electron chi connectivity index (χ2n) is 9.62. The lowest BCUT2D eigenvalue weighted by molar-refractivity contribution is 0.0950. The number of carbonyl (C=O) groups is 2. The maximum Gasteiger partial charge on any atom is 0.259 e. The summed E-state index contributed by atoms with van der Waals surface area (Å²) in [6.07, 6.45) is 2.66. The summed E-state index contributed by atoms with van der Waals surface area (Å²) in [5.41, 5.74) is 2.65. The lowest BCUT2D eigenvalue weighted by Gasteiger charge is -2.33. The molecular weight excluding hydrogens is 435 g/mol. The number of anilines is 1. The Labute approximate surface area is 198 Å². The molecule has 1 atom stereocenters. The number of nitrogens with one attached hydrogen (secondary N) is 2. The van der Waals surface area contributed by atoms with Gasteiger partial charge in [0.15, 0.2) is 0 Å². The second-order valence-corrected chi connectivity index (χ2v) is 10.7. The molecule has 0 saturated carbocycles. The van der Waals surface area contributed by atoms with Crippen LogP contribution in [-0.2, 0) is 19.4 Å². The number of halogens is 1. The molecule has 1 unspecified atom stereocenters. The highest BCUT2D eigenvalue weighted by molar-refractivity contribution is 7.17. The zero-order chi connectivity index (χ0) is 23.6. The van der Waals surface area contributed by atoms with E-state index < -0.39 is 11.7 Å². The van der Waals surface area contributed by atoms with Crippen molar-refractivity contribution < 1.29 is 14.0 Å². The molecule has 1 aromatic heterocycles. The summed E-state index contributed by atoms with van der Waals surface area (Å²) in [6.45, 7) is 7.12. The molecule has 1 aliphatic carbocycles. The van der Waals surface area contributed by atoms with Crippen LogP contribution in [0.25, 0.3) is 0 Å². The largest absolute Gasteiger partial charge is 0.348 e. The van der Waals surface area contributed by atoms with Crippen molar-refractivity contribution in [1.82, 2.24) is 5.32 Å². The molecule has 1 aliphatic rings. The molecule has 2 amide bonds. The van der Waals surface area contributed by atoms with Gasteiger partial charge >= 0.3 is 0 Å². The van der Waals surface area contributed by atoms with Gasteiger partial charge in [-0.05, 0) is 53.9 Å². The second kappa shape index (κ2) is 9.48. The van der Waals surface area contributed by atoms with Crippen LogP contribution < -0.4 is 10.6 Å². The fourth-order valence-electron chi connectivity index (χ4n) is 4.34. The van der Waals surface area contributed by atoms with E-state index in [1.165, 1.54) is 23.5 Å². The normalized spacial score (nSPS) is 15.6. The average Bonchev–Trinajstić information content (AvgIpc) is 3.15. The van der Waals surface area contributed by atoms with Gasteiger partial charge in [-0.15, -0.1) is 11.3 Å². The molecule has 2 aromatic carbocycles. The molecule has 1 heterocycles. The molecule has 6 heteroatoms. The van der Waals surface area contributed by atoms with Crippen molar-refractivity contribution in [1.29, 1.82) is 0 Å². The number of fused-ring (bicyclic) bond motifs is 1. The predicted octanol–water partition coefficient (Wildman–Crippen LogP) is 6.22. The van der Waals surface area contributed by atoms with Gasteiger partial charge in [0.25, 0.3) is 11.8 Å². The average molecular weight is 465 g/mol. The van der Waals surface area contributed by atoms with Crippen molar-refractivity contribution in [2.24, 2.45) is 11.3 Å². The van der Waals surface area contributed by atoms with Gasteiger partial charge in [0.05, 0.1) is 11.1 Å².